The predicted octanol–water partition coefficient (Wildman–Crippen LogP) is 2.08. The van der Waals surface area contributed by atoms with Crippen LogP contribution in [0.2, 0.25) is 5.15 Å². The summed E-state index contributed by atoms with van der Waals surface area (Å²) in [4.78, 5) is 3.74. The second kappa shape index (κ2) is 7.79. The molecule has 1 heterocycles. The quantitative estimate of drug-likeness (QED) is 0.590. The van der Waals surface area contributed by atoms with E-state index in [0.717, 1.165) is 0 Å². The molecule has 0 aliphatic heterocycles. The fourth-order valence-electron chi connectivity index (χ4n) is 1.35. The minimum atomic E-state index is -3.59. The van der Waals surface area contributed by atoms with Crippen molar-refractivity contribution in [2.24, 2.45) is 5.92 Å². The van der Waals surface area contributed by atoms with Gasteiger partial charge in [0.1, 0.15) is 10.0 Å². The van der Waals surface area contributed by atoms with E-state index in [1.54, 1.807) is 0 Å². The van der Waals surface area contributed by atoms with Crippen LogP contribution in [0.15, 0.2) is 23.2 Å². The third-order valence-electron chi connectivity index (χ3n) is 2.22. The largest absolute Gasteiger partial charge is 0.381 e. The first-order valence-electron chi connectivity index (χ1n) is 6.11. The molecule has 5 nitrogen and oxygen atoms in total. The fraction of sp³-hybridized carbons (Fsp3) is 0.583. The highest BCUT2D eigenvalue weighted by molar-refractivity contribution is 7.89. The average molecular weight is 307 g/mol. The van der Waals surface area contributed by atoms with Crippen molar-refractivity contribution in [1.82, 2.24) is 9.71 Å². The molecule has 1 rings (SSSR count). The van der Waals surface area contributed by atoms with Crippen molar-refractivity contribution in [1.29, 1.82) is 0 Å². The lowest BCUT2D eigenvalue weighted by Crippen LogP contribution is -2.26. The first-order valence-corrected chi connectivity index (χ1v) is 7.97. The second-order valence-electron chi connectivity index (χ2n) is 4.51. The average Bonchev–Trinajstić information content (AvgIpc) is 2.33. The molecule has 0 atom stereocenters. The third-order valence-corrected chi connectivity index (χ3v) is 4.13. The van der Waals surface area contributed by atoms with Crippen molar-refractivity contribution in [2.45, 2.75) is 25.2 Å². The molecule has 1 aromatic heterocycles. The lowest BCUT2D eigenvalue weighted by molar-refractivity contribution is 0.108. The maximum absolute atomic E-state index is 11.9. The van der Waals surface area contributed by atoms with Gasteiger partial charge in [-0.25, -0.2) is 18.1 Å². The number of pyridine rings is 1. The van der Waals surface area contributed by atoms with Crippen LogP contribution in [0.5, 0.6) is 0 Å². The zero-order valence-electron chi connectivity index (χ0n) is 11.1. The Hall–Kier alpha value is -0.690. The Labute approximate surface area is 119 Å². The Morgan fingerprint density at radius 3 is 2.84 bits per heavy atom. The number of nitrogens with one attached hydrogen (secondary N) is 1. The number of rotatable bonds is 8. The van der Waals surface area contributed by atoms with E-state index in [4.69, 9.17) is 16.3 Å². The van der Waals surface area contributed by atoms with E-state index in [2.05, 4.69) is 23.6 Å². The van der Waals surface area contributed by atoms with Gasteiger partial charge in [0.25, 0.3) is 0 Å². The second-order valence-corrected chi connectivity index (χ2v) is 6.61. The maximum Gasteiger partial charge on any atom is 0.243 e. The van der Waals surface area contributed by atoms with Crippen molar-refractivity contribution in [3.8, 4) is 0 Å². The Bertz CT molecular complexity index is 492. The van der Waals surface area contributed by atoms with Gasteiger partial charge < -0.3 is 4.74 Å². The molecule has 0 aromatic carbocycles. The normalized spacial score (nSPS) is 12.0. The first-order chi connectivity index (χ1) is 8.93. The number of aromatic nitrogens is 1. The van der Waals surface area contributed by atoms with Crippen LogP contribution in [-0.4, -0.2) is 33.2 Å². The Morgan fingerprint density at radius 2 is 2.21 bits per heavy atom. The molecule has 0 unspecified atom stereocenters. The van der Waals surface area contributed by atoms with E-state index in [9.17, 15) is 8.42 Å². The van der Waals surface area contributed by atoms with Crippen molar-refractivity contribution in [2.75, 3.05) is 19.8 Å². The van der Waals surface area contributed by atoms with Crippen LogP contribution in [0.25, 0.3) is 0 Å². The van der Waals surface area contributed by atoms with Gasteiger partial charge in [-0.3, -0.25) is 0 Å². The number of sulfonamides is 1. The summed E-state index contributed by atoms with van der Waals surface area (Å²) in [6.07, 6.45) is 2.06. The summed E-state index contributed by atoms with van der Waals surface area (Å²) in [5, 5.41) is -0.0222. The highest BCUT2D eigenvalue weighted by atomic mass is 35.5. The summed E-state index contributed by atoms with van der Waals surface area (Å²) >= 11 is 5.75. The smallest absolute Gasteiger partial charge is 0.243 e. The van der Waals surface area contributed by atoms with E-state index in [1.807, 2.05) is 0 Å². The van der Waals surface area contributed by atoms with Gasteiger partial charge in [-0.1, -0.05) is 25.4 Å². The summed E-state index contributed by atoms with van der Waals surface area (Å²) in [5.74, 6) is 0.478. The molecule has 1 N–H and O–H groups in total. The molecule has 7 heteroatoms. The summed E-state index contributed by atoms with van der Waals surface area (Å²) in [5.41, 5.74) is 0. The highest BCUT2D eigenvalue weighted by Crippen LogP contribution is 2.17. The SMILES string of the molecule is CC(C)COCCCNS(=O)(=O)c1cccnc1Cl. The van der Waals surface area contributed by atoms with Gasteiger partial charge >= 0.3 is 0 Å². The van der Waals surface area contributed by atoms with Gasteiger partial charge in [0.05, 0.1) is 0 Å². The molecule has 0 aliphatic rings. The Kier molecular flexibility index (Phi) is 6.71. The zero-order chi connectivity index (χ0) is 14.3. The van der Waals surface area contributed by atoms with Crippen molar-refractivity contribution < 1.29 is 13.2 Å². The fourth-order valence-corrected chi connectivity index (χ4v) is 2.87. The lowest BCUT2D eigenvalue weighted by Gasteiger charge is -2.09. The standard InChI is InChI=1S/C12H19ClN2O3S/c1-10(2)9-18-8-4-7-15-19(16,17)11-5-3-6-14-12(11)13/h3,5-6,10,15H,4,7-9H2,1-2H3. The molecule has 0 bridgehead atoms. The molecule has 0 radical (unpaired) electrons. The van der Waals surface area contributed by atoms with E-state index in [-0.39, 0.29) is 10.0 Å². The molecule has 0 fully saturated rings. The minimum Gasteiger partial charge on any atom is -0.381 e. The molecule has 0 saturated heterocycles. The third kappa shape index (κ3) is 5.86. The van der Waals surface area contributed by atoms with Gasteiger partial charge in [-0.05, 0) is 24.5 Å². The zero-order valence-corrected chi connectivity index (χ0v) is 12.7. The van der Waals surface area contributed by atoms with Crippen molar-refractivity contribution in [3.63, 3.8) is 0 Å². The van der Waals surface area contributed by atoms with Crippen LogP contribution in [0.1, 0.15) is 20.3 Å². The molecule has 0 saturated carbocycles. The summed E-state index contributed by atoms with van der Waals surface area (Å²) < 4.78 is 31.7. The molecule has 0 aliphatic carbocycles. The van der Waals surface area contributed by atoms with Gasteiger partial charge in [-0.15, -0.1) is 0 Å². The number of hydrogen-bond donors (Lipinski definition) is 1. The summed E-state index contributed by atoms with van der Waals surface area (Å²) in [6, 6.07) is 2.96. The first kappa shape index (κ1) is 16.4. The van der Waals surface area contributed by atoms with Crippen LogP contribution in [-0.2, 0) is 14.8 Å². The van der Waals surface area contributed by atoms with Crippen molar-refractivity contribution in [3.05, 3.63) is 23.5 Å². The van der Waals surface area contributed by atoms with Crippen LogP contribution >= 0.6 is 11.6 Å². The molecule has 108 valence electrons. The van der Waals surface area contributed by atoms with Gasteiger partial charge in [0.15, 0.2) is 0 Å². The van der Waals surface area contributed by atoms with E-state index >= 15 is 0 Å². The molecule has 0 spiro atoms. The molecular weight excluding hydrogens is 288 g/mol. The van der Waals surface area contributed by atoms with Crippen molar-refractivity contribution >= 4 is 21.6 Å². The Morgan fingerprint density at radius 1 is 1.47 bits per heavy atom. The molecular formula is C12H19ClN2O3S. The van der Waals surface area contributed by atoms with E-state index in [1.165, 1.54) is 18.3 Å². The Balaban J connectivity index is 2.38. The topological polar surface area (TPSA) is 68.3 Å². The van der Waals surface area contributed by atoms with Crippen LogP contribution in [0, 0.1) is 5.92 Å². The lowest BCUT2D eigenvalue weighted by atomic mass is 10.2. The van der Waals surface area contributed by atoms with Gasteiger partial charge in [0, 0.05) is 26.0 Å². The molecule has 1 aromatic rings. The molecule has 0 amide bonds. The van der Waals surface area contributed by atoms with E-state index < -0.39 is 10.0 Å². The van der Waals surface area contributed by atoms with Crippen LogP contribution < -0.4 is 4.72 Å². The number of ether oxygens (including phenoxy) is 1. The van der Waals surface area contributed by atoms with Crippen LogP contribution in [0.3, 0.4) is 0 Å². The monoisotopic (exact) mass is 306 g/mol. The van der Waals surface area contributed by atoms with Crippen LogP contribution in [0.4, 0.5) is 0 Å². The minimum absolute atomic E-state index is 0.000217. The number of hydrogen-bond acceptors (Lipinski definition) is 4. The van der Waals surface area contributed by atoms with E-state index in [0.29, 0.717) is 32.1 Å². The maximum atomic E-state index is 11.9. The number of nitrogens with zero attached hydrogens (tertiary/aromatic N) is 1. The highest BCUT2D eigenvalue weighted by Gasteiger charge is 2.17. The summed E-state index contributed by atoms with van der Waals surface area (Å²) in [6.45, 7) is 5.65. The number of halogens is 1. The molecule has 19 heavy (non-hydrogen) atoms. The predicted molar refractivity (Wildman–Crippen MR) is 74.7 cm³/mol. The van der Waals surface area contributed by atoms with Gasteiger partial charge in [-0.2, -0.15) is 0 Å². The van der Waals surface area contributed by atoms with Gasteiger partial charge in [0.2, 0.25) is 10.0 Å². The summed E-state index contributed by atoms with van der Waals surface area (Å²) in [7, 11) is -3.59.